The summed E-state index contributed by atoms with van der Waals surface area (Å²) in [5.74, 6) is -1.24. The van der Waals surface area contributed by atoms with E-state index in [4.69, 9.17) is 5.53 Å². The minimum absolute atomic E-state index is 0.0105. The molecular weight excluding hydrogens is 270 g/mol. The van der Waals surface area contributed by atoms with Crippen molar-refractivity contribution in [2.24, 2.45) is 5.11 Å². The van der Waals surface area contributed by atoms with Gasteiger partial charge in [0.2, 0.25) is 0 Å². The highest BCUT2D eigenvalue weighted by molar-refractivity contribution is 9.10. The molecular formula is C7H10BrN3O4. The van der Waals surface area contributed by atoms with Gasteiger partial charge in [0, 0.05) is 4.91 Å². The number of hydrogen-bond acceptors (Lipinski definition) is 5. The van der Waals surface area contributed by atoms with Crippen LogP contribution in [-0.4, -0.2) is 37.0 Å². The smallest absolute Gasteiger partial charge is 0.319 e. The number of hydrogen-bond donors (Lipinski definition) is 0. The Morgan fingerprint density at radius 3 is 2.33 bits per heavy atom. The molecule has 0 aliphatic carbocycles. The van der Waals surface area contributed by atoms with E-state index in [1.54, 1.807) is 0 Å². The predicted octanol–water partition coefficient (Wildman–Crippen LogP) is 1.16. The Morgan fingerprint density at radius 1 is 1.40 bits per heavy atom. The fourth-order valence-corrected chi connectivity index (χ4v) is 1.35. The van der Waals surface area contributed by atoms with Crippen LogP contribution in [0.1, 0.15) is 6.42 Å². The first-order valence-corrected chi connectivity index (χ1v) is 4.82. The lowest BCUT2D eigenvalue weighted by Gasteiger charge is -2.11. The average Bonchev–Trinajstić information content (AvgIpc) is 2.26. The lowest BCUT2D eigenvalue weighted by Crippen LogP contribution is -2.27. The van der Waals surface area contributed by atoms with Gasteiger partial charge in [0.25, 0.3) is 0 Å². The van der Waals surface area contributed by atoms with E-state index in [-0.39, 0.29) is 6.42 Å². The van der Waals surface area contributed by atoms with Crippen molar-refractivity contribution in [2.45, 2.75) is 17.3 Å². The molecule has 84 valence electrons. The van der Waals surface area contributed by atoms with Gasteiger partial charge >= 0.3 is 11.9 Å². The Labute approximate surface area is 94.5 Å². The number of azide groups is 1. The SMILES string of the molecule is COC(=O)C(Br)CC(N=[N+]=[N-])C(=O)OC. The normalized spacial score (nSPS) is 13.3. The van der Waals surface area contributed by atoms with Gasteiger partial charge in [-0.25, -0.2) is 0 Å². The summed E-state index contributed by atoms with van der Waals surface area (Å²) >= 11 is 3.01. The van der Waals surface area contributed by atoms with Crippen LogP contribution < -0.4 is 0 Å². The van der Waals surface area contributed by atoms with E-state index in [1.165, 1.54) is 14.2 Å². The second kappa shape index (κ2) is 7.08. The number of alkyl halides is 1. The quantitative estimate of drug-likeness (QED) is 0.248. The fraction of sp³-hybridized carbons (Fsp3) is 0.714. The monoisotopic (exact) mass is 279 g/mol. The number of ether oxygens (including phenoxy) is 2. The summed E-state index contributed by atoms with van der Waals surface area (Å²) in [7, 11) is 2.39. The van der Waals surface area contributed by atoms with E-state index in [9.17, 15) is 9.59 Å². The van der Waals surface area contributed by atoms with Gasteiger partial charge in [-0.1, -0.05) is 21.0 Å². The molecule has 0 amide bonds. The van der Waals surface area contributed by atoms with Crippen LogP contribution >= 0.6 is 15.9 Å². The Bertz CT molecular complexity index is 290. The van der Waals surface area contributed by atoms with Gasteiger partial charge in [-0.15, -0.1) is 0 Å². The number of methoxy groups -OCH3 is 2. The van der Waals surface area contributed by atoms with Gasteiger partial charge in [-0.2, -0.15) is 0 Å². The second-order valence-electron chi connectivity index (χ2n) is 2.47. The molecule has 0 aromatic rings. The number of nitrogens with zero attached hydrogens (tertiary/aromatic N) is 3. The van der Waals surface area contributed by atoms with Crippen LogP contribution in [0.25, 0.3) is 10.4 Å². The van der Waals surface area contributed by atoms with E-state index in [2.05, 4.69) is 35.4 Å². The van der Waals surface area contributed by atoms with Crippen molar-refractivity contribution in [2.75, 3.05) is 14.2 Å². The number of rotatable bonds is 5. The number of halogens is 1. The molecule has 0 aromatic carbocycles. The summed E-state index contributed by atoms with van der Waals surface area (Å²) in [6.07, 6.45) is -0.0105. The minimum atomic E-state index is -1.04. The lowest BCUT2D eigenvalue weighted by atomic mass is 10.2. The molecule has 0 saturated heterocycles. The fourth-order valence-electron chi connectivity index (χ4n) is 0.809. The molecule has 7 nitrogen and oxygen atoms in total. The van der Waals surface area contributed by atoms with Crippen LogP contribution in [0, 0.1) is 0 Å². The predicted molar refractivity (Wildman–Crippen MR) is 54.3 cm³/mol. The zero-order chi connectivity index (χ0) is 11.8. The minimum Gasteiger partial charge on any atom is -0.469 e. The Kier molecular flexibility index (Phi) is 6.48. The number of esters is 2. The maximum atomic E-state index is 11.1. The standard InChI is InChI=1S/C7H10BrN3O4/c1-14-6(12)4(8)3-5(10-11-9)7(13)15-2/h4-5H,3H2,1-2H3. The highest BCUT2D eigenvalue weighted by atomic mass is 79.9. The third kappa shape index (κ3) is 4.66. The van der Waals surface area contributed by atoms with E-state index in [0.717, 1.165) is 0 Å². The summed E-state index contributed by atoms with van der Waals surface area (Å²) in [5, 5.41) is 3.22. The van der Waals surface area contributed by atoms with Crippen LogP contribution in [0.15, 0.2) is 5.11 Å². The van der Waals surface area contributed by atoms with Crippen molar-refractivity contribution in [3.8, 4) is 0 Å². The van der Waals surface area contributed by atoms with Crippen LogP contribution in [0.4, 0.5) is 0 Å². The molecule has 0 bridgehead atoms. The van der Waals surface area contributed by atoms with E-state index < -0.39 is 22.8 Å². The summed E-state index contributed by atoms with van der Waals surface area (Å²) in [4.78, 5) is 23.9. The molecule has 0 spiro atoms. The molecule has 0 fully saturated rings. The third-order valence-corrected chi connectivity index (χ3v) is 2.30. The van der Waals surface area contributed by atoms with E-state index in [0.29, 0.717) is 0 Å². The molecule has 0 N–H and O–H groups in total. The zero-order valence-corrected chi connectivity index (χ0v) is 9.80. The van der Waals surface area contributed by atoms with Crippen molar-refractivity contribution in [1.29, 1.82) is 0 Å². The van der Waals surface area contributed by atoms with Gasteiger partial charge in [-0.05, 0) is 12.0 Å². The van der Waals surface area contributed by atoms with Gasteiger partial charge in [-0.3, -0.25) is 9.59 Å². The topological polar surface area (TPSA) is 101 Å². The van der Waals surface area contributed by atoms with Crippen LogP contribution in [-0.2, 0) is 19.1 Å². The van der Waals surface area contributed by atoms with Crippen molar-refractivity contribution in [1.82, 2.24) is 0 Å². The Hall–Kier alpha value is -1.27. The maximum absolute atomic E-state index is 11.1. The number of carbonyl (C=O) groups excluding carboxylic acids is 2. The summed E-state index contributed by atoms with van der Waals surface area (Å²) in [6.45, 7) is 0. The lowest BCUT2D eigenvalue weighted by molar-refractivity contribution is -0.143. The van der Waals surface area contributed by atoms with E-state index in [1.807, 2.05) is 0 Å². The molecule has 2 atom stereocenters. The van der Waals surface area contributed by atoms with Crippen molar-refractivity contribution < 1.29 is 19.1 Å². The first kappa shape index (κ1) is 13.7. The van der Waals surface area contributed by atoms with Crippen LogP contribution in [0.3, 0.4) is 0 Å². The molecule has 8 heteroatoms. The number of carbonyl (C=O) groups is 2. The molecule has 0 aliphatic rings. The maximum Gasteiger partial charge on any atom is 0.319 e. The highest BCUT2D eigenvalue weighted by Crippen LogP contribution is 2.13. The Morgan fingerprint density at radius 2 is 1.93 bits per heavy atom. The van der Waals surface area contributed by atoms with Gasteiger partial charge in [0.1, 0.15) is 10.9 Å². The molecule has 0 aliphatic heterocycles. The second-order valence-corrected chi connectivity index (χ2v) is 3.58. The van der Waals surface area contributed by atoms with Gasteiger partial charge in [0.05, 0.1) is 14.2 Å². The average molecular weight is 280 g/mol. The first-order valence-electron chi connectivity index (χ1n) is 3.90. The molecule has 0 rings (SSSR count). The largest absolute Gasteiger partial charge is 0.469 e. The molecule has 2 unspecified atom stereocenters. The molecule has 0 radical (unpaired) electrons. The highest BCUT2D eigenvalue weighted by Gasteiger charge is 2.25. The molecule has 0 saturated carbocycles. The van der Waals surface area contributed by atoms with E-state index >= 15 is 0 Å². The van der Waals surface area contributed by atoms with Crippen molar-refractivity contribution in [3.05, 3.63) is 10.4 Å². The van der Waals surface area contributed by atoms with Crippen molar-refractivity contribution >= 4 is 27.9 Å². The molecule has 0 aromatic heterocycles. The summed E-state index contributed by atoms with van der Waals surface area (Å²) in [5.41, 5.74) is 8.21. The molecule has 15 heavy (non-hydrogen) atoms. The summed E-state index contributed by atoms with van der Waals surface area (Å²) < 4.78 is 8.83. The van der Waals surface area contributed by atoms with Crippen LogP contribution in [0.2, 0.25) is 0 Å². The first-order chi connectivity index (χ1) is 7.06. The van der Waals surface area contributed by atoms with Gasteiger partial charge in [0.15, 0.2) is 0 Å². The van der Waals surface area contributed by atoms with Crippen molar-refractivity contribution in [3.63, 3.8) is 0 Å². The van der Waals surface area contributed by atoms with Gasteiger partial charge < -0.3 is 9.47 Å². The molecule has 0 heterocycles. The Balaban J connectivity index is 4.47. The van der Waals surface area contributed by atoms with Crippen LogP contribution in [0.5, 0.6) is 0 Å². The summed E-state index contributed by atoms with van der Waals surface area (Å²) in [6, 6.07) is -1.04. The zero-order valence-electron chi connectivity index (χ0n) is 8.21. The third-order valence-electron chi connectivity index (χ3n) is 1.55.